The Morgan fingerprint density at radius 2 is 2.05 bits per heavy atom. The van der Waals surface area contributed by atoms with Gasteiger partial charge in [0.25, 0.3) is 0 Å². The van der Waals surface area contributed by atoms with E-state index in [0.29, 0.717) is 4.99 Å². The van der Waals surface area contributed by atoms with Gasteiger partial charge in [-0.3, -0.25) is 4.79 Å². The average Bonchev–Trinajstić information content (AvgIpc) is 2.91. The fourth-order valence-corrected chi connectivity index (χ4v) is 3.08. The molecule has 4 heteroatoms. The normalized spacial score (nSPS) is 16.9. The number of nitrogens with one attached hydrogen (secondary N) is 1. The summed E-state index contributed by atoms with van der Waals surface area (Å²) in [6, 6.07) is 5.70. The monoisotopic (exact) mass is 290 g/mol. The molecule has 0 aliphatic heterocycles. The molecule has 1 amide bonds. The first kappa shape index (κ1) is 15.0. The molecule has 0 unspecified atom stereocenters. The zero-order chi connectivity index (χ0) is 14.8. The molecule has 1 aromatic carbocycles. The van der Waals surface area contributed by atoms with E-state index < -0.39 is 0 Å². The van der Waals surface area contributed by atoms with Crippen LogP contribution in [0.3, 0.4) is 0 Å². The lowest BCUT2D eigenvalue weighted by molar-refractivity contribution is -0.125. The summed E-state index contributed by atoms with van der Waals surface area (Å²) in [5.41, 5.74) is 8.11. The van der Waals surface area contributed by atoms with E-state index in [-0.39, 0.29) is 11.3 Å². The van der Waals surface area contributed by atoms with E-state index in [2.05, 4.69) is 12.2 Å². The number of thiocarbonyl (C=S) groups is 1. The van der Waals surface area contributed by atoms with Crippen molar-refractivity contribution in [2.24, 2.45) is 11.1 Å². The van der Waals surface area contributed by atoms with Crippen LogP contribution in [0.1, 0.15) is 50.2 Å². The maximum Gasteiger partial charge on any atom is 0.230 e. The molecule has 0 spiro atoms. The number of aryl methyl sites for hydroxylation is 1. The van der Waals surface area contributed by atoms with Crippen LogP contribution in [0.4, 0.5) is 5.69 Å². The zero-order valence-corrected chi connectivity index (χ0v) is 13.0. The van der Waals surface area contributed by atoms with Gasteiger partial charge < -0.3 is 11.1 Å². The molecular formula is C16H22N2OS. The number of hydrogen-bond acceptors (Lipinski definition) is 2. The van der Waals surface area contributed by atoms with Gasteiger partial charge in [0.2, 0.25) is 5.91 Å². The number of carbonyl (C=O) groups excluding carboxylic acids is 1. The second kappa shape index (κ2) is 5.92. The summed E-state index contributed by atoms with van der Waals surface area (Å²) in [5.74, 6) is 0.140. The summed E-state index contributed by atoms with van der Waals surface area (Å²) >= 11 is 5.00. The number of amides is 1. The third-order valence-electron chi connectivity index (χ3n) is 4.49. The number of anilines is 1. The van der Waals surface area contributed by atoms with Gasteiger partial charge >= 0.3 is 0 Å². The van der Waals surface area contributed by atoms with E-state index in [9.17, 15) is 4.79 Å². The number of carbonyl (C=O) groups is 1. The molecule has 0 radical (unpaired) electrons. The van der Waals surface area contributed by atoms with Crippen molar-refractivity contribution >= 4 is 28.8 Å². The largest absolute Gasteiger partial charge is 0.389 e. The number of rotatable bonds is 4. The fraction of sp³-hybridized carbons (Fsp3) is 0.500. The molecule has 1 aromatic rings. The summed E-state index contributed by atoms with van der Waals surface area (Å²) in [4.78, 5) is 13.0. The molecule has 0 heterocycles. The van der Waals surface area contributed by atoms with Crippen LogP contribution in [0.25, 0.3) is 0 Å². The predicted octanol–water partition coefficient (Wildman–Crippen LogP) is 3.54. The maximum atomic E-state index is 12.6. The van der Waals surface area contributed by atoms with Crippen molar-refractivity contribution < 1.29 is 4.79 Å². The van der Waals surface area contributed by atoms with Crippen LogP contribution in [0.2, 0.25) is 0 Å². The van der Waals surface area contributed by atoms with Gasteiger partial charge in [-0.05, 0) is 37.8 Å². The van der Waals surface area contributed by atoms with Crippen LogP contribution in [0.15, 0.2) is 18.2 Å². The topological polar surface area (TPSA) is 55.1 Å². The highest BCUT2D eigenvalue weighted by Gasteiger charge is 2.39. The maximum absolute atomic E-state index is 12.6. The Hall–Kier alpha value is -1.42. The molecule has 108 valence electrons. The average molecular weight is 290 g/mol. The Kier molecular flexibility index (Phi) is 4.43. The Bertz CT molecular complexity index is 533. The second-order valence-electron chi connectivity index (χ2n) is 5.69. The predicted molar refractivity (Wildman–Crippen MR) is 86.9 cm³/mol. The van der Waals surface area contributed by atoms with Crippen LogP contribution in [0, 0.1) is 12.3 Å². The molecule has 3 nitrogen and oxygen atoms in total. The van der Waals surface area contributed by atoms with Gasteiger partial charge in [0.1, 0.15) is 4.99 Å². The van der Waals surface area contributed by atoms with Crippen LogP contribution >= 0.6 is 12.2 Å². The lowest BCUT2D eigenvalue weighted by Gasteiger charge is -2.26. The van der Waals surface area contributed by atoms with Gasteiger partial charge in [0.05, 0.1) is 0 Å². The Morgan fingerprint density at radius 3 is 2.60 bits per heavy atom. The Balaban J connectivity index is 2.23. The SMILES string of the molecule is CCC1(C(=O)Nc2cc(C(N)=S)ccc2C)CCCC1. The van der Waals surface area contributed by atoms with Gasteiger partial charge in [0, 0.05) is 16.7 Å². The standard InChI is InChI=1S/C16H22N2OS/c1-3-16(8-4-5-9-16)15(19)18-13-10-12(14(17)20)7-6-11(13)2/h6-7,10H,3-5,8-9H2,1-2H3,(H2,17,20)(H,18,19). The van der Waals surface area contributed by atoms with Crippen molar-refractivity contribution in [2.45, 2.75) is 46.0 Å². The van der Waals surface area contributed by atoms with Gasteiger partial charge in [-0.15, -0.1) is 0 Å². The highest BCUT2D eigenvalue weighted by atomic mass is 32.1. The molecule has 0 aromatic heterocycles. The van der Waals surface area contributed by atoms with Gasteiger partial charge in [-0.1, -0.05) is 44.1 Å². The van der Waals surface area contributed by atoms with Crippen molar-refractivity contribution in [3.63, 3.8) is 0 Å². The van der Waals surface area contributed by atoms with Crippen LogP contribution in [-0.2, 0) is 4.79 Å². The number of benzene rings is 1. The molecule has 0 atom stereocenters. The van der Waals surface area contributed by atoms with Crippen LogP contribution in [0.5, 0.6) is 0 Å². The van der Waals surface area contributed by atoms with Crippen molar-refractivity contribution in [2.75, 3.05) is 5.32 Å². The highest BCUT2D eigenvalue weighted by Crippen LogP contribution is 2.42. The zero-order valence-electron chi connectivity index (χ0n) is 12.2. The lowest BCUT2D eigenvalue weighted by Crippen LogP contribution is -2.33. The summed E-state index contributed by atoms with van der Waals surface area (Å²) in [6.07, 6.45) is 5.17. The molecule has 2 rings (SSSR count). The molecule has 3 N–H and O–H groups in total. The summed E-state index contributed by atoms with van der Waals surface area (Å²) in [6.45, 7) is 4.08. The summed E-state index contributed by atoms with van der Waals surface area (Å²) in [7, 11) is 0. The van der Waals surface area contributed by atoms with E-state index in [1.807, 2.05) is 25.1 Å². The van der Waals surface area contributed by atoms with Crippen LogP contribution in [-0.4, -0.2) is 10.9 Å². The highest BCUT2D eigenvalue weighted by molar-refractivity contribution is 7.80. The van der Waals surface area contributed by atoms with Crippen molar-refractivity contribution in [3.8, 4) is 0 Å². The first-order valence-electron chi connectivity index (χ1n) is 7.20. The first-order chi connectivity index (χ1) is 9.48. The quantitative estimate of drug-likeness (QED) is 0.834. The Morgan fingerprint density at radius 1 is 1.40 bits per heavy atom. The first-order valence-corrected chi connectivity index (χ1v) is 7.61. The van der Waals surface area contributed by atoms with Gasteiger partial charge in [-0.2, -0.15) is 0 Å². The minimum absolute atomic E-state index is 0.140. The third kappa shape index (κ3) is 2.85. The number of nitrogens with two attached hydrogens (primary N) is 1. The third-order valence-corrected chi connectivity index (χ3v) is 4.73. The molecule has 1 aliphatic rings. The van der Waals surface area contributed by atoms with Gasteiger partial charge in [-0.25, -0.2) is 0 Å². The van der Waals surface area contributed by atoms with E-state index in [1.54, 1.807) is 0 Å². The van der Waals surface area contributed by atoms with Crippen molar-refractivity contribution in [1.29, 1.82) is 0 Å². The minimum atomic E-state index is -0.189. The second-order valence-corrected chi connectivity index (χ2v) is 6.13. The lowest BCUT2D eigenvalue weighted by atomic mass is 9.82. The van der Waals surface area contributed by atoms with E-state index in [0.717, 1.165) is 48.9 Å². The molecule has 1 aliphatic carbocycles. The van der Waals surface area contributed by atoms with E-state index in [4.69, 9.17) is 18.0 Å². The molecular weight excluding hydrogens is 268 g/mol. The van der Waals surface area contributed by atoms with Gasteiger partial charge in [0.15, 0.2) is 0 Å². The van der Waals surface area contributed by atoms with Crippen LogP contribution < -0.4 is 11.1 Å². The van der Waals surface area contributed by atoms with Crippen molar-refractivity contribution in [1.82, 2.24) is 0 Å². The molecule has 20 heavy (non-hydrogen) atoms. The molecule has 1 fully saturated rings. The molecule has 0 saturated heterocycles. The fourth-order valence-electron chi connectivity index (χ4n) is 2.96. The number of hydrogen-bond donors (Lipinski definition) is 2. The van der Waals surface area contributed by atoms with Crippen molar-refractivity contribution in [3.05, 3.63) is 29.3 Å². The van der Waals surface area contributed by atoms with E-state index in [1.165, 1.54) is 0 Å². The molecule has 1 saturated carbocycles. The summed E-state index contributed by atoms with van der Waals surface area (Å²) in [5, 5.41) is 3.09. The van der Waals surface area contributed by atoms with E-state index >= 15 is 0 Å². The minimum Gasteiger partial charge on any atom is -0.389 e. The summed E-state index contributed by atoms with van der Waals surface area (Å²) < 4.78 is 0. The Labute approximate surface area is 125 Å². The smallest absolute Gasteiger partial charge is 0.230 e. The molecule has 0 bridgehead atoms.